The summed E-state index contributed by atoms with van der Waals surface area (Å²) >= 11 is 0. The van der Waals surface area contributed by atoms with Crippen molar-refractivity contribution in [2.24, 2.45) is 0 Å². The predicted molar refractivity (Wildman–Crippen MR) is 66.0 cm³/mol. The van der Waals surface area contributed by atoms with Crippen LogP contribution in [0.4, 0.5) is 0 Å². The maximum Gasteiger partial charge on any atom is 0.322 e. The molecule has 2 N–H and O–H groups in total. The van der Waals surface area contributed by atoms with Crippen LogP contribution in [0.2, 0.25) is 0 Å². The fourth-order valence-corrected chi connectivity index (χ4v) is 2.07. The Morgan fingerprint density at radius 3 is 3.05 bits per heavy atom. The van der Waals surface area contributed by atoms with Crippen molar-refractivity contribution in [3.05, 3.63) is 35.4 Å². The van der Waals surface area contributed by atoms with E-state index in [9.17, 15) is 9.59 Å². The van der Waals surface area contributed by atoms with Gasteiger partial charge in [0.25, 0.3) is 0 Å². The van der Waals surface area contributed by atoms with E-state index in [1.54, 1.807) is 23.1 Å². The largest absolute Gasteiger partial charge is 0.480 e. The molecular weight excluding hydrogens is 246 g/mol. The normalized spacial score (nSPS) is 19.5. The summed E-state index contributed by atoms with van der Waals surface area (Å²) < 4.78 is 0. The Hall–Kier alpha value is -2.39. The molecule has 2 rings (SSSR count). The summed E-state index contributed by atoms with van der Waals surface area (Å²) in [7, 11) is 0. The Bertz CT molecular complexity index is 550. The third-order valence-corrected chi connectivity index (χ3v) is 3.01. The molecule has 6 nitrogen and oxygen atoms in total. The third-order valence-electron chi connectivity index (χ3n) is 3.01. The van der Waals surface area contributed by atoms with Gasteiger partial charge in [0.05, 0.1) is 18.2 Å². The summed E-state index contributed by atoms with van der Waals surface area (Å²) in [6, 6.07) is 8.24. The Labute approximate surface area is 110 Å². The molecule has 1 saturated heterocycles. The van der Waals surface area contributed by atoms with Crippen LogP contribution in [0.3, 0.4) is 0 Å². The number of carboxylic acid groups (broad SMARTS) is 1. The van der Waals surface area contributed by atoms with Gasteiger partial charge in [-0.2, -0.15) is 5.26 Å². The van der Waals surface area contributed by atoms with Crippen molar-refractivity contribution in [1.82, 2.24) is 10.2 Å². The van der Waals surface area contributed by atoms with E-state index in [0.717, 1.165) is 5.56 Å². The van der Waals surface area contributed by atoms with Crippen LogP contribution in [0, 0.1) is 11.3 Å². The van der Waals surface area contributed by atoms with Gasteiger partial charge in [0.15, 0.2) is 0 Å². The van der Waals surface area contributed by atoms with Crippen molar-refractivity contribution in [3.63, 3.8) is 0 Å². The summed E-state index contributed by atoms with van der Waals surface area (Å²) in [5, 5.41) is 20.5. The Morgan fingerprint density at radius 1 is 1.58 bits per heavy atom. The molecule has 1 aliphatic rings. The van der Waals surface area contributed by atoms with Crippen molar-refractivity contribution < 1.29 is 14.7 Å². The van der Waals surface area contributed by atoms with Crippen molar-refractivity contribution in [2.45, 2.75) is 12.6 Å². The molecule has 1 aromatic rings. The number of hydrogen-bond acceptors (Lipinski definition) is 4. The standard InChI is InChI=1S/C13H13N3O3/c14-5-9-2-1-3-10(4-9)7-16-8-12(17)15-6-11(16)13(18)19/h1-4,11H,6-8H2,(H,15,17)(H,18,19). The second-order valence-corrected chi connectivity index (χ2v) is 4.38. The monoisotopic (exact) mass is 259 g/mol. The zero-order valence-corrected chi connectivity index (χ0v) is 10.2. The number of rotatable bonds is 3. The van der Waals surface area contributed by atoms with Gasteiger partial charge in [0.1, 0.15) is 6.04 Å². The van der Waals surface area contributed by atoms with Crippen LogP contribution in [-0.4, -0.2) is 41.0 Å². The van der Waals surface area contributed by atoms with E-state index in [1.165, 1.54) is 0 Å². The molecule has 1 amide bonds. The molecule has 1 aliphatic heterocycles. The second kappa shape index (κ2) is 5.50. The van der Waals surface area contributed by atoms with E-state index in [4.69, 9.17) is 10.4 Å². The number of carboxylic acids is 1. The zero-order valence-electron chi connectivity index (χ0n) is 10.2. The molecule has 0 spiro atoms. The van der Waals surface area contributed by atoms with Crippen LogP contribution >= 0.6 is 0 Å². The van der Waals surface area contributed by atoms with E-state index >= 15 is 0 Å². The summed E-state index contributed by atoms with van der Waals surface area (Å²) in [5.41, 5.74) is 1.34. The SMILES string of the molecule is N#Cc1cccc(CN2CC(=O)NCC2C(=O)O)c1. The predicted octanol–water partition coefficient (Wildman–Crippen LogP) is -0.0567. The molecule has 19 heavy (non-hydrogen) atoms. The lowest BCUT2D eigenvalue weighted by molar-refractivity contribution is -0.146. The molecule has 0 aromatic heterocycles. The number of nitriles is 1. The maximum atomic E-state index is 11.4. The highest BCUT2D eigenvalue weighted by atomic mass is 16.4. The minimum atomic E-state index is -0.962. The van der Waals surface area contributed by atoms with E-state index < -0.39 is 12.0 Å². The van der Waals surface area contributed by atoms with Crippen LogP contribution in [0.25, 0.3) is 0 Å². The molecule has 0 aliphatic carbocycles. The number of piperazine rings is 1. The molecule has 1 aromatic carbocycles. The number of carbonyl (C=O) groups excluding carboxylic acids is 1. The first-order valence-electron chi connectivity index (χ1n) is 5.83. The highest BCUT2D eigenvalue weighted by Crippen LogP contribution is 2.12. The van der Waals surface area contributed by atoms with E-state index in [2.05, 4.69) is 5.32 Å². The first-order valence-corrected chi connectivity index (χ1v) is 5.83. The molecular formula is C13H13N3O3. The molecule has 6 heteroatoms. The summed E-state index contributed by atoms with van der Waals surface area (Å²) in [4.78, 5) is 24.1. The van der Waals surface area contributed by atoms with Gasteiger partial charge in [-0.05, 0) is 17.7 Å². The van der Waals surface area contributed by atoms with E-state index in [0.29, 0.717) is 12.1 Å². The Kier molecular flexibility index (Phi) is 3.78. The molecule has 0 radical (unpaired) electrons. The number of nitrogens with one attached hydrogen (secondary N) is 1. The van der Waals surface area contributed by atoms with Gasteiger partial charge in [0, 0.05) is 13.1 Å². The lowest BCUT2D eigenvalue weighted by Crippen LogP contribution is -2.56. The highest BCUT2D eigenvalue weighted by molar-refractivity contribution is 5.83. The van der Waals surface area contributed by atoms with Crippen molar-refractivity contribution >= 4 is 11.9 Å². The fourth-order valence-electron chi connectivity index (χ4n) is 2.07. The molecule has 1 fully saturated rings. The number of carbonyl (C=O) groups is 2. The molecule has 0 saturated carbocycles. The summed E-state index contributed by atoms with van der Waals surface area (Å²) in [5.74, 6) is -1.15. The molecule has 1 unspecified atom stereocenters. The number of benzene rings is 1. The van der Waals surface area contributed by atoms with Crippen LogP contribution in [0.5, 0.6) is 0 Å². The first kappa shape index (κ1) is 13.1. The number of aliphatic carboxylic acids is 1. The van der Waals surface area contributed by atoms with Crippen LogP contribution < -0.4 is 5.32 Å². The first-order chi connectivity index (χ1) is 9.10. The van der Waals surface area contributed by atoms with Gasteiger partial charge < -0.3 is 10.4 Å². The topological polar surface area (TPSA) is 93.4 Å². The van der Waals surface area contributed by atoms with E-state index in [-0.39, 0.29) is 19.0 Å². The average molecular weight is 259 g/mol. The van der Waals surface area contributed by atoms with Gasteiger partial charge in [-0.15, -0.1) is 0 Å². The second-order valence-electron chi connectivity index (χ2n) is 4.38. The number of hydrogen-bond donors (Lipinski definition) is 2. The highest BCUT2D eigenvalue weighted by Gasteiger charge is 2.31. The summed E-state index contributed by atoms with van der Waals surface area (Å²) in [6.45, 7) is 0.486. The fraction of sp³-hybridized carbons (Fsp3) is 0.308. The smallest absolute Gasteiger partial charge is 0.322 e. The van der Waals surface area contributed by atoms with Gasteiger partial charge in [0.2, 0.25) is 5.91 Å². The molecule has 1 atom stereocenters. The number of amides is 1. The average Bonchev–Trinajstić information content (AvgIpc) is 2.38. The molecule has 0 bridgehead atoms. The van der Waals surface area contributed by atoms with Crippen molar-refractivity contribution in [1.29, 1.82) is 5.26 Å². The molecule has 98 valence electrons. The van der Waals surface area contributed by atoms with Crippen LogP contribution in [0.15, 0.2) is 24.3 Å². The van der Waals surface area contributed by atoms with Gasteiger partial charge in [-0.25, -0.2) is 0 Å². The quantitative estimate of drug-likeness (QED) is 0.793. The number of nitrogens with zero attached hydrogens (tertiary/aromatic N) is 2. The Morgan fingerprint density at radius 2 is 2.37 bits per heavy atom. The van der Waals surface area contributed by atoms with Crippen molar-refractivity contribution in [3.8, 4) is 6.07 Å². The van der Waals surface area contributed by atoms with Crippen LogP contribution in [-0.2, 0) is 16.1 Å². The Balaban J connectivity index is 2.16. The van der Waals surface area contributed by atoms with Gasteiger partial charge in [-0.3, -0.25) is 14.5 Å². The van der Waals surface area contributed by atoms with Crippen molar-refractivity contribution in [2.75, 3.05) is 13.1 Å². The molecule has 1 heterocycles. The lowest BCUT2D eigenvalue weighted by atomic mass is 10.1. The van der Waals surface area contributed by atoms with Gasteiger partial charge in [-0.1, -0.05) is 12.1 Å². The van der Waals surface area contributed by atoms with Crippen LogP contribution in [0.1, 0.15) is 11.1 Å². The lowest BCUT2D eigenvalue weighted by Gasteiger charge is -2.32. The minimum Gasteiger partial charge on any atom is -0.480 e. The minimum absolute atomic E-state index is 0.0494. The zero-order chi connectivity index (χ0) is 13.8. The summed E-state index contributed by atoms with van der Waals surface area (Å²) in [6.07, 6.45) is 0. The maximum absolute atomic E-state index is 11.4. The van der Waals surface area contributed by atoms with E-state index in [1.807, 2.05) is 12.1 Å². The third kappa shape index (κ3) is 3.09. The van der Waals surface area contributed by atoms with Gasteiger partial charge >= 0.3 is 5.97 Å².